The number of rotatable bonds is 4. The van der Waals surface area contributed by atoms with Crippen molar-refractivity contribution in [1.29, 1.82) is 0 Å². The Morgan fingerprint density at radius 1 is 1.26 bits per heavy atom. The van der Waals surface area contributed by atoms with Crippen molar-refractivity contribution in [3.63, 3.8) is 0 Å². The lowest BCUT2D eigenvalue weighted by Crippen LogP contribution is -2.35. The Kier molecular flexibility index (Phi) is 3.99. The number of benzene rings is 1. The molecular weight excluding hydrogens is 258 g/mol. The Bertz CT molecular complexity index is 450. The number of piperidine rings is 1. The van der Waals surface area contributed by atoms with Crippen molar-refractivity contribution in [2.45, 2.75) is 57.6 Å². The van der Waals surface area contributed by atoms with Gasteiger partial charge in [0, 0.05) is 6.04 Å². The summed E-state index contributed by atoms with van der Waals surface area (Å²) < 4.78 is 6.02. The van der Waals surface area contributed by atoms with Crippen molar-refractivity contribution < 1.29 is 4.74 Å². The first-order valence-corrected chi connectivity index (χ1v) is 7.79. The minimum absolute atomic E-state index is 0.401. The van der Waals surface area contributed by atoms with Crippen LogP contribution in [0.25, 0.3) is 0 Å². The van der Waals surface area contributed by atoms with Gasteiger partial charge in [-0.15, -0.1) is 0 Å². The highest BCUT2D eigenvalue weighted by Crippen LogP contribution is 2.36. The van der Waals surface area contributed by atoms with Crippen LogP contribution in [0.4, 0.5) is 0 Å². The van der Waals surface area contributed by atoms with E-state index in [1.807, 2.05) is 6.07 Å². The fourth-order valence-corrected chi connectivity index (χ4v) is 3.14. The maximum atomic E-state index is 6.38. The van der Waals surface area contributed by atoms with Gasteiger partial charge in [-0.25, -0.2) is 0 Å². The zero-order valence-corrected chi connectivity index (χ0v) is 12.3. The fraction of sp³-hybridized carbons (Fsp3) is 0.625. The summed E-state index contributed by atoms with van der Waals surface area (Å²) in [5, 5.41) is 4.38. The molecule has 1 aromatic rings. The highest BCUT2D eigenvalue weighted by atomic mass is 35.5. The molecule has 0 spiro atoms. The van der Waals surface area contributed by atoms with E-state index in [4.69, 9.17) is 16.3 Å². The van der Waals surface area contributed by atoms with E-state index in [1.165, 1.54) is 43.2 Å². The van der Waals surface area contributed by atoms with Gasteiger partial charge in [0.05, 0.1) is 11.1 Å². The molecule has 2 nitrogen and oxygen atoms in total. The average Bonchev–Trinajstić information content (AvgIpc) is 3.19. The van der Waals surface area contributed by atoms with Gasteiger partial charge >= 0.3 is 0 Å². The molecule has 3 heteroatoms. The zero-order chi connectivity index (χ0) is 13.2. The molecule has 1 unspecified atom stereocenters. The van der Waals surface area contributed by atoms with Gasteiger partial charge in [-0.05, 0) is 62.8 Å². The van der Waals surface area contributed by atoms with Crippen molar-refractivity contribution in [1.82, 2.24) is 5.32 Å². The summed E-state index contributed by atoms with van der Waals surface area (Å²) in [6, 6.07) is 4.82. The van der Waals surface area contributed by atoms with Crippen molar-refractivity contribution in [2.24, 2.45) is 0 Å². The Hall–Kier alpha value is -0.730. The van der Waals surface area contributed by atoms with E-state index >= 15 is 0 Å². The largest absolute Gasteiger partial charge is 0.489 e. The van der Waals surface area contributed by atoms with E-state index in [2.05, 4.69) is 18.3 Å². The van der Waals surface area contributed by atoms with Crippen LogP contribution < -0.4 is 10.1 Å². The van der Waals surface area contributed by atoms with Crippen molar-refractivity contribution in [3.05, 3.63) is 28.3 Å². The molecule has 1 aliphatic heterocycles. The summed E-state index contributed by atoms with van der Waals surface area (Å²) >= 11 is 6.38. The highest BCUT2D eigenvalue weighted by Gasteiger charge is 2.26. The minimum Gasteiger partial charge on any atom is -0.489 e. The normalized spacial score (nSPS) is 23.4. The van der Waals surface area contributed by atoms with Crippen LogP contribution in [0.3, 0.4) is 0 Å². The number of halogens is 1. The van der Waals surface area contributed by atoms with Crippen LogP contribution in [0.5, 0.6) is 5.75 Å². The van der Waals surface area contributed by atoms with Crippen LogP contribution >= 0.6 is 11.6 Å². The summed E-state index contributed by atoms with van der Waals surface area (Å²) in [7, 11) is 0. The summed E-state index contributed by atoms with van der Waals surface area (Å²) in [5.74, 6) is 0.933. The first kappa shape index (κ1) is 13.3. The van der Waals surface area contributed by atoms with E-state index in [0.717, 1.165) is 23.7 Å². The van der Waals surface area contributed by atoms with Crippen LogP contribution in [-0.2, 0) is 6.42 Å². The van der Waals surface area contributed by atoms with E-state index in [0.29, 0.717) is 12.1 Å². The molecule has 1 saturated carbocycles. The molecule has 1 saturated heterocycles. The molecule has 0 bridgehead atoms. The third-order valence-electron chi connectivity index (χ3n) is 3.95. The lowest BCUT2D eigenvalue weighted by Gasteiger charge is -2.25. The van der Waals surface area contributed by atoms with Gasteiger partial charge in [0.25, 0.3) is 0 Å². The smallest absolute Gasteiger partial charge is 0.141 e. The Labute approximate surface area is 120 Å². The molecule has 0 radical (unpaired) electrons. The molecule has 0 amide bonds. The SMILES string of the molecule is Cc1cc(Cl)c(OC2CC2)c(CC2CCCCN2)c1. The molecule has 1 aromatic carbocycles. The van der Waals surface area contributed by atoms with Gasteiger partial charge in [-0.3, -0.25) is 0 Å². The maximum Gasteiger partial charge on any atom is 0.141 e. The second-order valence-corrected chi connectivity index (χ2v) is 6.31. The van der Waals surface area contributed by atoms with E-state index < -0.39 is 0 Å². The summed E-state index contributed by atoms with van der Waals surface area (Å²) in [4.78, 5) is 0. The fourth-order valence-electron chi connectivity index (χ4n) is 2.80. The second kappa shape index (κ2) is 5.72. The van der Waals surface area contributed by atoms with Gasteiger partial charge in [-0.2, -0.15) is 0 Å². The minimum atomic E-state index is 0.401. The monoisotopic (exact) mass is 279 g/mol. The topological polar surface area (TPSA) is 21.3 Å². The first-order valence-electron chi connectivity index (χ1n) is 7.41. The molecular formula is C16H22ClNO. The standard InChI is InChI=1S/C16H22ClNO/c1-11-8-12(10-13-4-2-3-7-18-13)16(15(17)9-11)19-14-5-6-14/h8-9,13-14,18H,2-7,10H2,1H3. The molecule has 1 N–H and O–H groups in total. The number of aryl methyl sites for hydroxylation is 1. The number of hydrogen-bond donors (Lipinski definition) is 1. The number of ether oxygens (including phenoxy) is 1. The lowest BCUT2D eigenvalue weighted by molar-refractivity contribution is 0.297. The van der Waals surface area contributed by atoms with E-state index in [9.17, 15) is 0 Å². The molecule has 3 rings (SSSR count). The third kappa shape index (κ3) is 3.43. The van der Waals surface area contributed by atoms with Crippen molar-refractivity contribution in [3.8, 4) is 5.75 Å². The maximum absolute atomic E-state index is 6.38. The Morgan fingerprint density at radius 3 is 2.79 bits per heavy atom. The molecule has 19 heavy (non-hydrogen) atoms. The lowest BCUT2D eigenvalue weighted by atomic mass is 9.96. The summed E-state index contributed by atoms with van der Waals surface area (Å²) in [6.45, 7) is 3.24. The molecule has 1 atom stereocenters. The molecule has 2 aliphatic rings. The average molecular weight is 280 g/mol. The Balaban J connectivity index is 1.80. The van der Waals surface area contributed by atoms with Crippen molar-refractivity contribution in [2.75, 3.05) is 6.54 Å². The quantitative estimate of drug-likeness (QED) is 0.903. The molecule has 0 aromatic heterocycles. The molecule has 2 fully saturated rings. The van der Waals surface area contributed by atoms with Crippen molar-refractivity contribution >= 4 is 11.6 Å². The van der Waals surface area contributed by atoms with Gasteiger partial charge in [0.15, 0.2) is 0 Å². The second-order valence-electron chi connectivity index (χ2n) is 5.90. The third-order valence-corrected chi connectivity index (χ3v) is 4.23. The van der Waals surface area contributed by atoms with Crippen LogP contribution in [0.2, 0.25) is 5.02 Å². The van der Waals surface area contributed by atoms with Gasteiger partial charge < -0.3 is 10.1 Å². The van der Waals surface area contributed by atoms with Gasteiger partial charge in [0.2, 0.25) is 0 Å². The highest BCUT2D eigenvalue weighted by molar-refractivity contribution is 6.32. The predicted octanol–water partition coefficient (Wildman–Crippen LogP) is 3.87. The molecule has 1 heterocycles. The molecule has 1 aliphatic carbocycles. The van der Waals surface area contributed by atoms with Crippen LogP contribution in [0.1, 0.15) is 43.2 Å². The van der Waals surface area contributed by atoms with E-state index in [1.54, 1.807) is 0 Å². The summed E-state index contributed by atoms with van der Waals surface area (Å²) in [6.07, 6.45) is 7.67. The number of nitrogens with one attached hydrogen (secondary N) is 1. The van der Waals surface area contributed by atoms with Crippen LogP contribution in [0, 0.1) is 6.92 Å². The first-order chi connectivity index (χ1) is 9.22. The van der Waals surface area contributed by atoms with Crippen LogP contribution in [-0.4, -0.2) is 18.7 Å². The zero-order valence-electron chi connectivity index (χ0n) is 11.5. The number of hydrogen-bond acceptors (Lipinski definition) is 2. The van der Waals surface area contributed by atoms with Crippen LogP contribution in [0.15, 0.2) is 12.1 Å². The van der Waals surface area contributed by atoms with E-state index in [-0.39, 0.29) is 0 Å². The summed E-state index contributed by atoms with van der Waals surface area (Å²) in [5.41, 5.74) is 2.50. The van der Waals surface area contributed by atoms with Gasteiger partial charge in [-0.1, -0.05) is 24.1 Å². The molecule has 104 valence electrons. The Morgan fingerprint density at radius 2 is 2.11 bits per heavy atom. The predicted molar refractivity (Wildman–Crippen MR) is 79.2 cm³/mol. The van der Waals surface area contributed by atoms with Gasteiger partial charge in [0.1, 0.15) is 5.75 Å².